The molecule has 1 atom stereocenters. The molecule has 3 rings (SSSR count). The number of nitrogens with one attached hydrogen (secondary N) is 1. The van der Waals surface area contributed by atoms with Crippen molar-refractivity contribution in [3.63, 3.8) is 0 Å². The molecule has 0 bridgehead atoms. The Labute approximate surface area is 160 Å². The van der Waals surface area contributed by atoms with E-state index in [-0.39, 0.29) is 18.6 Å². The molecular formula is C17H17Cl2N5O2. The highest BCUT2D eigenvalue weighted by molar-refractivity contribution is 6.35. The Morgan fingerprint density at radius 2 is 2.19 bits per heavy atom. The summed E-state index contributed by atoms with van der Waals surface area (Å²) in [6.45, 7) is 3.99. The van der Waals surface area contributed by atoms with Gasteiger partial charge in [0.25, 0.3) is 0 Å². The first-order valence-corrected chi connectivity index (χ1v) is 8.75. The van der Waals surface area contributed by atoms with Crippen molar-refractivity contribution in [3.05, 3.63) is 57.7 Å². The van der Waals surface area contributed by atoms with Gasteiger partial charge in [0.2, 0.25) is 5.82 Å². The van der Waals surface area contributed by atoms with Gasteiger partial charge in [-0.3, -0.25) is 9.79 Å². The molecule has 2 heterocycles. The number of carbonyl (C=O) groups excluding carboxylic acids is 1. The van der Waals surface area contributed by atoms with Crippen LogP contribution in [0.2, 0.25) is 10.0 Å². The van der Waals surface area contributed by atoms with Crippen molar-refractivity contribution < 1.29 is 9.53 Å². The predicted molar refractivity (Wildman–Crippen MR) is 99.3 cm³/mol. The number of aromatic nitrogens is 3. The molecule has 1 aromatic carbocycles. The van der Waals surface area contributed by atoms with E-state index in [4.69, 9.17) is 27.9 Å². The van der Waals surface area contributed by atoms with Gasteiger partial charge in [0.05, 0.1) is 12.6 Å². The van der Waals surface area contributed by atoms with Crippen LogP contribution in [0.3, 0.4) is 0 Å². The molecule has 7 nitrogen and oxygen atoms in total. The maximum Gasteiger partial charge on any atom is 0.327 e. The predicted octanol–water partition coefficient (Wildman–Crippen LogP) is 3.14. The SMILES string of the molecule is CCOC(=O)Cn1cnc(C2=NC(c3ccc(Cl)cc3Cl)C=C(C)N2)n1. The van der Waals surface area contributed by atoms with Crippen LogP contribution in [0.5, 0.6) is 0 Å². The molecule has 1 aromatic heterocycles. The zero-order valence-corrected chi connectivity index (χ0v) is 15.8. The van der Waals surface area contributed by atoms with Crippen molar-refractivity contribution in [1.82, 2.24) is 20.1 Å². The van der Waals surface area contributed by atoms with Gasteiger partial charge in [-0.15, -0.1) is 5.10 Å². The topological polar surface area (TPSA) is 81.4 Å². The van der Waals surface area contributed by atoms with Gasteiger partial charge >= 0.3 is 5.97 Å². The second-order valence-corrected chi connectivity index (χ2v) is 6.48. The van der Waals surface area contributed by atoms with Gasteiger partial charge in [0.15, 0.2) is 5.84 Å². The number of rotatable bonds is 5. The highest BCUT2D eigenvalue weighted by atomic mass is 35.5. The lowest BCUT2D eigenvalue weighted by Crippen LogP contribution is -2.28. The first-order chi connectivity index (χ1) is 12.5. The van der Waals surface area contributed by atoms with E-state index >= 15 is 0 Å². The lowest BCUT2D eigenvalue weighted by Gasteiger charge is -2.20. The van der Waals surface area contributed by atoms with Gasteiger partial charge in [-0.25, -0.2) is 9.67 Å². The molecular weight excluding hydrogens is 377 g/mol. The van der Waals surface area contributed by atoms with Crippen LogP contribution < -0.4 is 5.32 Å². The van der Waals surface area contributed by atoms with Crippen LogP contribution in [0.1, 0.15) is 31.3 Å². The highest BCUT2D eigenvalue weighted by Gasteiger charge is 2.21. The summed E-state index contributed by atoms with van der Waals surface area (Å²) in [4.78, 5) is 20.4. The molecule has 1 aliphatic heterocycles. The quantitative estimate of drug-likeness (QED) is 0.788. The van der Waals surface area contributed by atoms with Crippen LogP contribution in [0.15, 0.2) is 41.3 Å². The maximum absolute atomic E-state index is 11.6. The first kappa shape index (κ1) is 18.4. The third kappa shape index (κ3) is 4.23. The van der Waals surface area contributed by atoms with Crippen LogP contribution in [0.4, 0.5) is 0 Å². The summed E-state index contributed by atoms with van der Waals surface area (Å²) < 4.78 is 6.32. The fourth-order valence-corrected chi connectivity index (χ4v) is 3.03. The summed E-state index contributed by atoms with van der Waals surface area (Å²) in [6, 6.07) is 5.02. The lowest BCUT2D eigenvalue weighted by molar-refractivity contribution is -0.144. The zero-order chi connectivity index (χ0) is 18.7. The van der Waals surface area contributed by atoms with E-state index in [1.54, 1.807) is 19.1 Å². The molecule has 1 N–H and O–H groups in total. The van der Waals surface area contributed by atoms with Gasteiger partial charge in [-0.1, -0.05) is 29.3 Å². The molecule has 0 radical (unpaired) electrons. The van der Waals surface area contributed by atoms with E-state index in [0.29, 0.717) is 28.3 Å². The number of amidine groups is 1. The number of allylic oxidation sites excluding steroid dienone is 1. The summed E-state index contributed by atoms with van der Waals surface area (Å²) >= 11 is 12.3. The monoisotopic (exact) mass is 393 g/mol. The molecule has 136 valence electrons. The molecule has 0 fully saturated rings. The zero-order valence-electron chi connectivity index (χ0n) is 14.2. The van der Waals surface area contributed by atoms with Crippen molar-refractivity contribution in [1.29, 1.82) is 0 Å². The molecule has 1 aliphatic rings. The van der Waals surface area contributed by atoms with E-state index in [2.05, 4.69) is 20.4 Å². The van der Waals surface area contributed by atoms with Crippen LogP contribution in [-0.2, 0) is 16.1 Å². The molecule has 0 amide bonds. The number of ether oxygens (including phenoxy) is 1. The fourth-order valence-electron chi connectivity index (χ4n) is 2.51. The Balaban J connectivity index is 1.85. The van der Waals surface area contributed by atoms with Gasteiger partial charge in [0, 0.05) is 15.7 Å². The van der Waals surface area contributed by atoms with Crippen molar-refractivity contribution in [2.24, 2.45) is 4.99 Å². The largest absolute Gasteiger partial charge is 0.465 e. The number of nitrogens with zero attached hydrogens (tertiary/aromatic N) is 4. The smallest absolute Gasteiger partial charge is 0.327 e. The van der Waals surface area contributed by atoms with E-state index in [9.17, 15) is 4.79 Å². The van der Waals surface area contributed by atoms with Crippen molar-refractivity contribution in [2.45, 2.75) is 26.4 Å². The Morgan fingerprint density at radius 3 is 2.92 bits per heavy atom. The molecule has 0 aliphatic carbocycles. The molecule has 1 unspecified atom stereocenters. The third-order valence-electron chi connectivity index (χ3n) is 3.62. The molecule has 2 aromatic rings. The number of hydrogen-bond acceptors (Lipinski definition) is 6. The standard InChI is InChI=1S/C17H17Cl2N5O2/c1-3-26-15(25)8-24-9-20-16(23-24)17-21-10(2)6-14(22-17)12-5-4-11(18)7-13(12)19/h4-7,9,14H,3,8H2,1-2H3,(H,21,22). The second kappa shape index (κ2) is 7.88. The van der Waals surface area contributed by atoms with Gasteiger partial charge in [0.1, 0.15) is 12.9 Å². The van der Waals surface area contributed by atoms with Crippen molar-refractivity contribution in [2.75, 3.05) is 6.61 Å². The van der Waals surface area contributed by atoms with E-state index in [1.807, 2.05) is 19.1 Å². The summed E-state index contributed by atoms with van der Waals surface area (Å²) in [6.07, 6.45) is 3.42. The molecule has 9 heteroatoms. The van der Waals surface area contributed by atoms with Gasteiger partial charge in [-0.05, 0) is 37.6 Å². The number of benzene rings is 1. The van der Waals surface area contributed by atoms with Crippen LogP contribution in [0, 0.1) is 0 Å². The number of hydrogen-bond donors (Lipinski definition) is 1. The number of aliphatic imine (C=N–C) groups is 1. The Morgan fingerprint density at radius 1 is 1.38 bits per heavy atom. The van der Waals surface area contributed by atoms with E-state index in [0.717, 1.165) is 11.3 Å². The van der Waals surface area contributed by atoms with Crippen molar-refractivity contribution >= 4 is 35.0 Å². The highest BCUT2D eigenvalue weighted by Crippen LogP contribution is 2.31. The van der Waals surface area contributed by atoms with E-state index < -0.39 is 0 Å². The average molecular weight is 394 g/mol. The lowest BCUT2D eigenvalue weighted by atomic mass is 10.0. The minimum absolute atomic E-state index is 0.00458. The van der Waals surface area contributed by atoms with Crippen LogP contribution in [-0.4, -0.2) is 33.2 Å². The average Bonchev–Trinajstić information content (AvgIpc) is 3.03. The molecule has 0 spiro atoms. The number of halogens is 2. The summed E-state index contributed by atoms with van der Waals surface area (Å²) in [5.74, 6) is 0.518. The normalized spacial score (nSPS) is 16.5. The summed E-state index contributed by atoms with van der Waals surface area (Å²) in [7, 11) is 0. The fraction of sp³-hybridized carbons (Fsp3) is 0.294. The Kier molecular flexibility index (Phi) is 5.58. The summed E-state index contributed by atoms with van der Waals surface area (Å²) in [5.41, 5.74) is 1.73. The van der Waals surface area contributed by atoms with E-state index in [1.165, 1.54) is 11.0 Å². The summed E-state index contributed by atoms with van der Waals surface area (Å²) in [5, 5.41) is 8.53. The van der Waals surface area contributed by atoms with Gasteiger partial charge < -0.3 is 10.1 Å². The Bertz CT molecular complexity index is 891. The maximum atomic E-state index is 11.6. The van der Waals surface area contributed by atoms with Crippen LogP contribution in [0.25, 0.3) is 0 Å². The minimum atomic E-state index is -0.371. The van der Waals surface area contributed by atoms with Gasteiger partial charge in [-0.2, -0.15) is 0 Å². The van der Waals surface area contributed by atoms with Crippen LogP contribution >= 0.6 is 23.2 Å². The second-order valence-electron chi connectivity index (χ2n) is 5.63. The molecule has 0 saturated heterocycles. The number of esters is 1. The molecule has 0 saturated carbocycles. The first-order valence-electron chi connectivity index (χ1n) is 8.00. The Hall–Kier alpha value is -2.38. The number of carbonyl (C=O) groups is 1. The third-order valence-corrected chi connectivity index (χ3v) is 4.18. The van der Waals surface area contributed by atoms with Crippen molar-refractivity contribution in [3.8, 4) is 0 Å². The molecule has 26 heavy (non-hydrogen) atoms. The minimum Gasteiger partial charge on any atom is -0.465 e.